The van der Waals surface area contributed by atoms with Crippen molar-refractivity contribution in [2.24, 2.45) is 0 Å². The van der Waals surface area contributed by atoms with Crippen LogP contribution in [0.15, 0.2) is 48.7 Å². The number of hydrogen-bond donors (Lipinski definition) is 0. The quantitative estimate of drug-likeness (QED) is 0.864. The Labute approximate surface area is 125 Å². The molecule has 0 unspecified atom stereocenters. The molecule has 0 bridgehead atoms. The van der Waals surface area contributed by atoms with Crippen LogP contribution >= 0.6 is 0 Å². The predicted molar refractivity (Wildman–Crippen MR) is 81.6 cm³/mol. The van der Waals surface area contributed by atoms with Crippen molar-refractivity contribution in [2.75, 3.05) is 13.1 Å². The van der Waals surface area contributed by atoms with Crippen LogP contribution in [0.3, 0.4) is 0 Å². The summed E-state index contributed by atoms with van der Waals surface area (Å²) in [5.41, 5.74) is 3.38. The van der Waals surface area contributed by atoms with Gasteiger partial charge in [-0.3, -0.25) is 4.98 Å². The van der Waals surface area contributed by atoms with Gasteiger partial charge in [-0.05, 0) is 30.2 Å². The fourth-order valence-electron chi connectivity index (χ4n) is 2.61. The Bertz CT molecular complexity index is 627. The Hall–Kier alpha value is -2.36. The van der Waals surface area contributed by atoms with Crippen LogP contribution < -0.4 is 0 Å². The molecular formula is C17H19N3O. The number of nitrogens with zero attached hydrogens (tertiary/aromatic N) is 3. The second-order valence-corrected chi connectivity index (χ2v) is 5.37. The first-order valence-electron chi connectivity index (χ1n) is 7.22. The molecule has 1 saturated heterocycles. The molecular weight excluding hydrogens is 262 g/mol. The van der Waals surface area contributed by atoms with E-state index in [1.807, 2.05) is 40.1 Å². The first kappa shape index (κ1) is 13.6. The average Bonchev–Trinajstić information content (AvgIpc) is 2.84. The summed E-state index contributed by atoms with van der Waals surface area (Å²) >= 11 is 0. The molecule has 3 rings (SSSR count). The number of benzene rings is 1. The van der Waals surface area contributed by atoms with E-state index in [0.29, 0.717) is 13.1 Å². The smallest absolute Gasteiger partial charge is 0.319 e. The minimum atomic E-state index is 0.101. The van der Waals surface area contributed by atoms with Crippen LogP contribution in [-0.2, 0) is 13.1 Å². The number of rotatable bonds is 4. The lowest BCUT2D eigenvalue weighted by Crippen LogP contribution is -2.31. The van der Waals surface area contributed by atoms with Crippen LogP contribution in [0, 0.1) is 6.92 Å². The number of carbonyl (C=O) groups is 1. The second-order valence-electron chi connectivity index (χ2n) is 5.37. The lowest BCUT2D eigenvalue weighted by atomic mass is 10.1. The SMILES string of the molecule is Cc1ccccc1CN1CCN(Cc2ccccn2)C1=O. The largest absolute Gasteiger partial charge is 0.320 e. The van der Waals surface area contributed by atoms with E-state index in [0.717, 1.165) is 18.8 Å². The summed E-state index contributed by atoms with van der Waals surface area (Å²) in [7, 11) is 0. The molecule has 0 N–H and O–H groups in total. The summed E-state index contributed by atoms with van der Waals surface area (Å²) in [5, 5.41) is 0. The standard InChI is InChI=1S/C17H19N3O/c1-14-6-2-3-7-15(14)12-19-10-11-20(17(19)21)13-16-8-4-5-9-18-16/h2-9H,10-13H2,1H3. The van der Waals surface area contributed by atoms with Gasteiger partial charge in [-0.15, -0.1) is 0 Å². The highest BCUT2D eigenvalue weighted by atomic mass is 16.2. The lowest BCUT2D eigenvalue weighted by Gasteiger charge is -2.19. The van der Waals surface area contributed by atoms with Crippen LogP contribution in [0.4, 0.5) is 4.79 Å². The summed E-state index contributed by atoms with van der Waals surface area (Å²) in [6.45, 7) is 4.90. The number of aromatic nitrogens is 1. The van der Waals surface area contributed by atoms with Crippen molar-refractivity contribution in [2.45, 2.75) is 20.0 Å². The van der Waals surface area contributed by atoms with E-state index in [4.69, 9.17) is 0 Å². The van der Waals surface area contributed by atoms with E-state index in [1.54, 1.807) is 6.20 Å². The summed E-state index contributed by atoms with van der Waals surface area (Å²) < 4.78 is 0. The van der Waals surface area contributed by atoms with Gasteiger partial charge in [0.15, 0.2) is 0 Å². The van der Waals surface area contributed by atoms with E-state index in [1.165, 1.54) is 11.1 Å². The topological polar surface area (TPSA) is 36.4 Å². The van der Waals surface area contributed by atoms with Crippen molar-refractivity contribution >= 4 is 6.03 Å². The van der Waals surface area contributed by atoms with Crippen LogP contribution in [0.5, 0.6) is 0 Å². The molecule has 2 amide bonds. The Balaban J connectivity index is 1.65. The zero-order valence-electron chi connectivity index (χ0n) is 12.2. The first-order chi connectivity index (χ1) is 10.2. The van der Waals surface area contributed by atoms with Crippen LogP contribution in [-0.4, -0.2) is 33.9 Å². The molecule has 21 heavy (non-hydrogen) atoms. The number of pyridine rings is 1. The Kier molecular flexibility index (Phi) is 3.86. The number of hydrogen-bond acceptors (Lipinski definition) is 2. The molecule has 1 aromatic heterocycles. The third-order valence-electron chi connectivity index (χ3n) is 3.88. The van der Waals surface area contributed by atoms with E-state index in [-0.39, 0.29) is 6.03 Å². The average molecular weight is 281 g/mol. The molecule has 1 fully saturated rings. The van der Waals surface area contributed by atoms with Crippen molar-refractivity contribution in [3.05, 3.63) is 65.5 Å². The predicted octanol–water partition coefficient (Wildman–Crippen LogP) is 2.83. The van der Waals surface area contributed by atoms with Gasteiger partial charge in [0.25, 0.3) is 0 Å². The molecule has 0 atom stereocenters. The molecule has 0 spiro atoms. The van der Waals surface area contributed by atoms with Crippen LogP contribution in [0.25, 0.3) is 0 Å². The Morgan fingerprint density at radius 3 is 2.43 bits per heavy atom. The van der Waals surface area contributed by atoms with Crippen LogP contribution in [0.1, 0.15) is 16.8 Å². The summed E-state index contributed by atoms with van der Waals surface area (Å²) in [6.07, 6.45) is 1.76. The summed E-state index contributed by atoms with van der Waals surface area (Å²) in [5.74, 6) is 0. The minimum Gasteiger partial charge on any atom is -0.319 e. The Morgan fingerprint density at radius 2 is 1.71 bits per heavy atom. The number of carbonyl (C=O) groups excluding carboxylic acids is 1. The van der Waals surface area contributed by atoms with Gasteiger partial charge in [-0.2, -0.15) is 0 Å². The minimum absolute atomic E-state index is 0.101. The molecule has 0 aliphatic carbocycles. The van der Waals surface area contributed by atoms with Gasteiger partial charge >= 0.3 is 6.03 Å². The lowest BCUT2D eigenvalue weighted by molar-refractivity contribution is 0.188. The maximum Gasteiger partial charge on any atom is 0.320 e. The molecule has 0 saturated carbocycles. The number of aryl methyl sites for hydroxylation is 1. The van der Waals surface area contributed by atoms with Crippen molar-refractivity contribution in [3.63, 3.8) is 0 Å². The van der Waals surface area contributed by atoms with Crippen molar-refractivity contribution in [1.29, 1.82) is 0 Å². The Morgan fingerprint density at radius 1 is 1.00 bits per heavy atom. The second kappa shape index (κ2) is 5.95. The van der Waals surface area contributed by atoms with E-state index >= 15 is 0 Å². The fourth-order valence-corrected chi connectivity index (χ4v) is 2.61. The van der Waals surface area contributed by atoms with Gasteiger partial charge in [0.2, 0.25) is 0 Å². The molecule has 0 radical (unpaired) electrons. The van der Waals surface area contributed by atoms with E-state index < -0.39 is 0 Å². The number of amides is 2. The monoisotopic (exact) mass is 281 g/mol. The van der Waals surface area contributed by atoms with Crippen molar-refractivity contribution in [3.8, 4) is 0 Å². The third-order valence-corrected chi connectivity index (χ3v) is 3.88. The third kappa shape index (κ3) is 3.05. The van der Waals surface area contributed by atoms with Gasteiger partial charge in [-0.1, -0.05) is 30.3 Å². The molecule has 4 nitrogen and oxygen atoms in total. The summed E-state index contributed by atoms with van der Waals surface area (Å²) in [6, 6.07) is 14.1. The first-order valence-corrected chi connectivity index (χ1v) is 7.22. The van der Waals surface area contributed by atoms with Gasteiger partial charge in [0, 0.05) is 25.8 Å². The fraction of sp³-hybridized carbons (Fsp3) is 0.294. The molecule has 1 aliphatic heterocycles. The van der Waals surface area contributed by atoms with Gasteiger partial charge < -0.3 is 9.80 Å². The molecule has 2 heterocycles. The highest BCUT2D eigenvalue weighted by Gasteiger charge is 2.28. The maximum atomic E-state index is 12.4. The normalized spacial score (nSPS) is 14.8. The van der Waals surface area contributed by atoms with Crippen molar-refractivity contribution in [1.82, 2.24) is 14.8 Å². The van der Waals surface area contributed by atoms with Crippen LogP contribution in [0.2, 0.25) is 0 Å². The van der Waals surface area contributed by atoms with Crippen molar-refractivity contribution < 1.29 is 4.79 Å². The summed E-state index contributed by atoms with van der Waals surface area (Å²) in [4.78, 5) is 20.5. The highest BCUT2D eigenvalue weighted by molar-refractivity contribution is 5.76. The molecule has 1 aromatic carbocycles. The molecule has 1 aliphatic rings. The highest BCUT2D eigenvalue weighted by Crippen LogP contribution is 2.17. The number of urea groups is 1. The van der Waals surface area contributed by atoms with Gasteiger partial charge in [0.05, 0.1) is 12.2 Å². The molecule has 4 heteroatoms. The van der Waals surface area contributed by atoms with E-state index in [2.05, 4.69) is 24.0 Å². The maximum absolute atomic E-state index is 12.4. The van der Waals surface area contributed by atoms with Gasteiger partial charge in [0.1, 0.15) is 0 Å². The zero-order chi connectivity index (χ0) is 14.7. The van der Waals surface area contributed by atoms with Gasteiger partial charge in [-0.25, -0.2) is 4.79 Å². The molecule has 2 aromatic rings. The zero-order valence-corrected chi connectivity index (χ0v) is 12.2. The van der Waals surface area contributed by atoms with E-state index in [9.17, 15) is 4.79 Å². The molecule has 108 valence electrons.